The summed E-state index contributed by atoms with van der Waals surface area (Å²) >= 11 is 1.62. The van der Waals surface area contributed by atoms with Crippen molar-refractivity contribution in [2.75, 3.05) is 17.2 Å². The summed E-state index contributed by atoms with van der Waals surface area (Å²) in [7, 11) is 0. The molecule has 2 amide bonds. The molecule has 0 saturated carbocycles. The minimum atomic E-state index is -4.74. The second kappa shape index (κ2) is 14.0. The largest absolute Gasteiger partial charge is 0.573 e. The summed E-state index contributed by atoms with van der Waals surface area (Å²) in [4.78, 5) is 23.7. The maximum atomic E-state index is 12.7. The van der Waals surface area contributed by atoms with E-state index < -0.39 is 6.36 Å². The number of hydrogen-bond acceptors (Lipinski definition) is 5. The molecular formula is C32H33F3N6O2S. The van der Waals surface area contributed by atoms with Crippen LogP contribution in [0.2, 0.25) is 0 Å². The molecule has 0 bridgehead atoms. The summed E-state index contributed by atoms with van der Waals surface area (Å²) in [5, 5.41) is 8.11. The average Bonchev–Trinajstić information content (AvgIpc) is 3.50. The van der Waals surface area contributed by atoms with Crippen LogP contribution in [0.4, 0.5) is 23.7 Å². The van der Waals surface area contributed by atoms with Crippen LogP contribution in [-0.2, 0) is 12.8 Å². The second-order valence-electron chi connectivity index (χ2n) is 10.3. The molecule has 1 N–H and O–H groups in total. The highest BCUT2D eigenvalue weighted by atomic mass is 32.2. The third-order valence-corrected chi connectivity index (χ3v) is 8.19. The van der Waals surface area contributed by atoms with Crippen molar-refractivity contribution in [3.8, 4) is 22.8 Å². The summed E-state index contributed by atoms with van der Waals surface area (Å²) in [5.74, 6) is 1.12. The van der Waals surface area contributed by atoms with E-state index in [-0.39, 0.29) is 17.8 Å². The molecule has 5 rings (SSSR count). The summed E-state index contributed by atoms with van der Waals surface area (Å²) in [5.41, 5.74) is 4.81. The lowest BCUT2D eigenvalue weighted by Crippen LogP contribution is -2.42. The van der Waals surface area contributed by atoms with Crippen molar-refractivity contribution in [3.63, 3.8) is 0 Å². The van der Waals surface area contributed by atoms with E-state index in [1.54, 1.807) is 11.8 Å². The number of aryl methyl sites for hydroxylation is 2. The predicted molar refractivity (Wildman–Crippen MR) is 167 cm³/mol. The first-order valence-corrected chi connectivity index (χ1v) is 15.4. The summed E-state index contributed by atoms with van der Waals surface area (Å²) in [6, 6.07) is 21.4. The van der Waals surface area contributed by atoms with Crippen LogP contribution in [0.15, 0.2) is 84.1 Å². The van der Waals surface area contributed by atoms with E-state index in [4.69, 9.17) is 0 Å². The molecule has 1 aromatic heterocycles. The Bertz CT molecular complexity index is 1590. The van der Waals surface area contributed by atoms with Gasteiger partial charge in [-0.25, -0.2) is 14.5 Å². The Kier molecular flexibility index (Phi) is 9.89. The maximum absolute atomic E-state index is 12.7. The first kappa shape index (κ1) is 31.1. The highest BCUT2D eigenvalue weighted by Crippen LogP contribution is 2.32. The Morgan fingerprint density at radius 3 is 2.57 bits per heavy atom. The molecule has 0 aliphatic carbocycles. The van der Waals surface area contributed by atoms with Crippen LogP contribution >= 0.6 is 11.8 Å². The molecule has 0 spiro atoms. The molecule has 44 heavy (non-hydrogen) atoms. The highest BCUT2D eigenvalue weighted by molar-refractivity contribution is 8.14. The number of aliphatic imine (C=N–C) groups is 1. The van der Waals surface area contributed by atoms with Crippen molar-refractivity contribution >= 4 is 28.6 Å². The zero-order chi connectivity index (χ0) is 31.1. The lowest BCUT2D eigenvalue weighted by Gasteiger charge is -2.36. The zero-order valence-corrected chi connectivity index (χ0v) is 25.2. The molecule has 1 aliphatic rings. The van der Waals surface area contributed by atoms with E-state index in [0.717, 1.165) is 53.4 Å². The fourth-order valence-corrected chi connectivity index (χ4v) is 6.14. The molecule has 1 saturated heterocycles. The van der Waals surface area contributed by atoms with Crippen molar-refractivity contribution < 1.29 is 22.7 Å². The molecule has 12 heteroatoms. The zero-order valence-electron chi connectivity index (χ0n) is 24.4. The van der Waals surface area contributed by atoms with Gasteiger partial charge in [0, 0.05) is 29.6 Å². The van der Waals surface area contributed by atoms with Crippen molar-refractivity contribution in [3.05, 3.63) is 90.3 Å². The van der Waals surface area contributed by atoms with Gasteiger partial charge in [0.2, 0.25) is 0 Å². The van der Waals surface area contributed by atoms with Crippen molar-refractivity contribution in [1.29, 1.82) is 0 Å². The number of carbonyl (C=O) groups is 1. The Hall–Kier alpha value is -4.32. The fraction of sp³-hybridized carbons (Fsp3) is 0.312. The number of amides is 2. The number of halogens is 3. The van der Waals surface area contributed by atoms with Gasteiger partial charge in [-0.15, -0.1) is 18.3 Å². The molecular weight excluding hydrogens is 589 g/mol. The second-order valence-corrected chi connectivity index (χ2v) is 11.4. The number of ether oxygens (including phenoxy) is 1. The van der Waals surface area contributed by atoms with Crippen LogP contribution in [0.3, 0.4) is 0 Å². The first-order valence-electron chi connectivity index (χ1n) is 14.4. The van der Waals surface area contributed by atoms with E-state index in [1.807, 2.05) is 36.4 Å². The summed E-state index contributed by atoms with van der Waals surface area (Å²) in [6.07, 6.45) is 0.219. The van der Waals surface area contributed by atoms with Gasteiger partial charge in [-0.05, 0) is 74.1 Å². The van der Waals surface area contributed by atoms with Gasteiger partial charge in [0.15, 0.2) is 11.0 Å². The number of carbonyl (C=O) groups excluding carboxylic acids is 1. The van der Waals surface area contributed by atoms with Crippen LogP contribution in [-0.4, -0.2) is 50.7 Å². The van der Waals surface area contributed by atoms with Gasteiger partial charge in [0.25, 0.3) is 0 Å². The molecule has 0 radical (unpaired) electrons. The van der Waals surface area contributed by atoms with E-state index in [9.17, 15) is 18.0 Å². The first-order chi connectivity index (χ1) is 21.2. The van der Waals surface area contributed by atoms with Crippen LogP contribution < -0.4 is 15.0 Å². The van der Waals surface area contributed by atoms with Gasteiger partial charge < -0.3 is 15.0 Å². The number of anilines is 1. The quantitative estimate of drug-likeness (QED) is 0.196. The summed E-state index contributed by atoms with van der Waals surface area (Å²) in [6.45, 7) is 4.81. The number of benzene rings is 3. The minimum absolute atomic E-state index is 0.260. The number of hydrogen-bond donors (Lipinski definition) is 1. The molecule has 230 valence electrons. The average molecular weight is 623 g/mol. The Balaban J connectivity index is 1.12. The van der Waals surface area contributed by atoms with Gasteiger partial charge in [-0.2, -0.15) is 4.99 Å². The van der Waals surface area contributed by atoms with E-state index in [2.05, 4.69) is 56.0 Å². The number of para-hydroxylation sites is 1. The number of amidine groups is 1. The number of rotatable bonds is 9. The molecule has 8 nitrogen and oxygen atoms in total. The van der Waals surface area contributed by atoms with Gasteiger partial charge in [-0.3, -0.25) is 0 Å². The number of thioether (sulfide) groups is 1. The topological polar surface area (TPSA) is 84.6 Å². The maximum Gasteiger partial charge on any atom is 0.573 e. The standard InChI is InChI=1S/C32H33F3N6O2S/c1-3-24-8-4-5-9-28(24)41-22(2)18-20-44-31(41)38-30(42)36-19-6-7-23-10-12-25(13-11-23)29-37-21-40(39-29)26-14-16-27(17-15-26)43-32(33,34)35/h4-5,8-17,21-22H,3,6-7,18-20H2,1-2H3,(H,36,42)/b38-31-. The van der Waals surface area contributed by atoms with Crippen molar-refractivity contribution in [2.24, 2.45) is 4.99 Å². The van der Waals surface area contributed by atoms with Crippen LogP contribution in [0.5, 0.6) is 5.75 Å². The normalized spacial score (nSPS) is 16.2. The lowest BCUT2D eigenvalue weighted by atomic mass is 10.1. The van der Waals surface area contributed by atoms with E-state index in [1.165, 1.54) is 40.8 Å². The molecule has 1 unspecified atom stereocenters. The monoisotopic (exact) mass is 622 g/mol. The highest BCUT2D eigenvalue weighted by Gasteiger charge is 2.31. The predicted octanol–water partition coefficient (Wildman–Crippen LogP) is 7.43. The van der Waals surface area contributed by atoms with E-state index in [0.29, 0.717) is 18.1 Å². The van der Waals surface area contributed by atoms with Crippen molar-refractivity contribution in [2.45, 2.75) is 51.9 Å². The minimum Gasteiger partial charge on any atom is -0.406 e. The number of aromatic nitrogens is 3. The molecule has 2 heterocycles. The third kappa shape index (κ3) is 7.98. The summed E-state index contributed by atoms with van der Waals surface area (Å²) < 4.78 is 42.6. The lowest BCUT2D eigenvalue weighted by molar-refractivity contribution is -0.274. The van der Waals surface area contributed by atoms with Crippen LogP contribution in [0.1, 0.15) is 37.8 Å². The van der Waals surface area contributed by atoms with Gasteiger partial charge >= 0.3 is 12.4 Å². The van der Waals surface area contributed by atoms with Crippen molar-refractivity contribution in [1.82, 2.24) is 20.1 Å². The number of nitrogens with one attached hydrogen (secondary N) is 1. The van der Waals surface area contributed by atoms with E-state index >= 15 is 0 Å². The Labute approximate surface area is 258 Å². The molecule has 1 atom stereocenters. The fourth-order valence-electron chi connectivity index (χ4n) is 4.93. The van der Waals surface area contributed by atoms with Crippen LogP contribution in [0, 0.1) is 0 Å². The molecule has 4 aromatic rings. The SMILES string of the molecule is CCc1ccccc1N1/C(=N/C(=O)NCCCc2ccc(-c3ncn(-c4ccc(OC(F)(F)F)cc4)n3)cc2)SCCC1C. The Morgan fingerprint density at radius 2 is 1.84 bits per heavy atom. The van der Waals surface area contributed by atoms with Gasteiger partial charge in [0.05, 0.1) is 5.69 Å². The number of nitrogens with zero attached hydrogens (tertiary/aromatic N) is 5. The molecule has 3 aromatic carbocycles. The Morgan fingerprint density at radius 1 is 1.09 bits per heavy atom. The number of urea groups is 1. The van der Waals surface area contributed by atoms with Gasteiger partial charge in [-0.1, -0.05) is 61.2 Å². The number of alkyl halides is 3. The van der Waals surface area contributed by atoms with Crippen LogP contribution in [0.25, 0.3) is 17.1 Å². The van der Waals surface area contributed by atoms with Gasteiger partial charge in [0.1, 0.15) is 12.1 Å². The third-order valence-electron chi connectivity index (χ3n) is 7.20. The molecule has 1 aliphatic heterocycles. The molecule has 1 fully saturated rings. The smallest absolute Gasteiger partial charge is 0.406 e.